The molecule has 0 radical (unpaired) electrons. The molecule has 0 atom stereocenters. The van der Waals surface area contributed by atoms with E-state index in [4.69, 9.17) is 4.74 Å². The third kappa shape index (κ3) is 2.66. The van der Waals surface area contributed by atoms with Crippen LogP contribution >= 0.6 is 0 Å². The van der Waals surface area contributed by atoms with Gasteiger partial charge in [-0.2, -0.15) is 0 Å². The van der Waals surface area contributed by atoms with Gasteiger partial charge in [-0.1, -0.05) is 6.07 Å². The van der Waals surface area contributed by atoms with Gasteiger partial charge in [-0.3, -0.25) is 4.90 Å². The molecule has 0 aromatic heterocycles. The summed E-state index contributed by atoms with van der Waals surface area (Å²) in [5.74, 6) is -0.151. The summed E-state index contributed by atoms with van der Waals surface area (Å²) < 4.78 is 5.48. The van der Waals surface area contributed by atoms with Gasteiger partial charge in [-0.15, -0.1) is 0 Å². The predicted octanol–water partition coefficient (Wildman–Crippen LogP) is 2.05. The lowest BCUT2D eigenvalue weighted by Crippen LogP contribution is -2.46. The van der Waals surface area contributed by atoms with Crippen LogP contribution < -0.4 is 9.64 Å². The van der Waals surface area contributed by atoms with E-state index < -0.39 is 5.97 Å². The summed E-state index contributed by atoms with van der Waals surface area (Å²) in [4.78, 5) is 27.1. The lowest BCUT2D eigenvalue weighted by Gasteiger charge is -2.33. The van der Waals surface area contributed by atoms with Crippen molar-refractivity contribution in [1.82, 2.24) is 4.90 Å². The van der Waals surface area contributed by atoms with Crippen LogP contribution in [0.4, 0.5) is 10.5 Å². The first-order valence-corrected chi connectivity index (χ1v) is 7.09. The second kappa shape index (κ2) is 5.27. The zero-order valence-corrected chi connectivity index (χ0v) is 11.9. The fourth-order valence-corrected chi connectivity index (χ4v) is 2.59. The molecule has 6 nitrogen and oxygen atoms in total. The van der Waals surface area contributed by atoms with Crippen molar-refractivity contribution >= 4 is 17.7 Å². The molecule has 2 aliphatic rings. The standard InChI is InChI=1S/C15H18N2O4/c1-16(9-10-5-6-10)15(20)17-7-8-21-13-11(14(18)19)3-2-4-12(13)17/h2-4,10H,5-9H2,1H3,(H,18,19). The topological polar surface area (TPSA) is 70.1 Å². The van der Waals surface area contributed by atoms with Crippen molar-refractivity contribution in [1.29, 1.82) is 0 Å². The Bertz CT molecular complexity index is 583. The molecule has 112 valence electrons. The first-order valence-electron chi connectivity index (χ1n) is 7.09. The van der Waals surface area contributed by atoms with E-state index in [1.54, 1.807) is 29.0 Å². The van der Waals surface area contributed by atoms with Gasteiger partial charge in [0, 0.05) is 13.6 Å². The van der Waals surface area contributed by atoms with Gasteiger partial charge in [0.05, 0.1) is 12.2 Å². The highest BCUT2D eigenvalue weighted by Crippen LogP contribution is 2.36. The first-order chi connectivity index (χ1) is 10.1. The Balaban J connectivity index is 1.87. The first kappa shape index (κ1) is 13.7. The molecule has 6 heteroatoms. The van der Waals surface area contributed by atoms with Crippen molar-refractivity contribution < 1.29 is 19.4 Å². The fourth-order valence-electron chi connectivity index (χ4n) is 2.59. The molecule has 1 N–H and O–H groups in total. The number of anilines is 1. The van der Waals surface area contributed by atoms with E-state index in [2.05, 4.69) is 0 Å². The number of amides is 2. The Morgan fingerprint density at radius 2 is 2.19 bits per heavy atom. The van der Waals surface area contributed by atoms with Gasteiger partial charge < -0.3 is 14.7 Å². The summed E-state index contributed by atoms with van der Waals surface area (Å²) in [6.07, 6.45) is 2.36. The summed E-state index contributed by atoms with van der Waals surface area (Å²) in [5, 5.41) is 9.21. The van der Waals surface area contributed by atoms with Crippen molar-refractivity contribution in [3.8, 4) is 5.75 Å². The predicted molar refractivity (Wildman–Crippen MR) is 77.0 cm³/mol. The second-order valence-electron chi connectivity index (χ2n) is 5.57. The number of ether oxygens (including phenoxy) is 1. The third-order valence-electron chi connectivity index (χ3n) is 3.86. The van der Waals surface area contributed by atoms with Gasteiger partial charge in [0.15, 0.2) is 5.75 Å². The van der Waals surface area contributed by atoms with Gasteiger partial charge >= 0.3 is 12.0 Å². The van der Waals surface area contributed by atoms with Gasteiger partial charge in [-0.25, -0.2) is 9.59 Å². The molecule has 21 heavy (non-hydrogen) atoms. The van der Waals surface area contributed by atoms with E-state index in [-0.39, 0.29) is 17.3 Å². The number of aromatic carboxylic acids is 1. The molecule has 1 aliphatic heterocycles. The van der Waals surface area contributed by atoms with Crippen LogP contribution in [0, 0.1) is 5.92 Å². The molecule has 1 aromatic carbocycles. The maximum absolute atomic E-state index is 12.6. The number of carbonyl (C=O) groups is 2. The number of benzene rings is 1. The number of hydrogen-bond acceptors (Lipinski definition) is 3. The number of para-hydroxylation sites is 1. The van der Waals surface area contributed by atoms with Crippen molar-refractivity contribution in [2.24, 2.45) is 5.92 Å². The molecule has 2 amide bonds. The summed E-state index contributed by atoms with van der Waals surface area (Å²) in [6, 6.07) is 4.75. The Kier molecular flexibility index (Phi) is 3.45. The molecule has 1 aromatic rings. The van der Waals surface area contributed by atoms with Crippen LogP contribution in [-0.4, -0.2) is 48.8 Å². The van der Waals surface area contributed by atoms with E-state index in [0.29, 0.717) is 24.8 Å². The minimum atomic E-state index is -1.05. The molecule has 0 saturated heterocycles. The summed E-state index contributed by atoms with van der Waals surface area (Å²) in [6.45, 7) is 1.49. The molecule has 0 spiro atoms. The number of carboxylic acid groups (broad SMARTS) is 1. The van der Waals surface area contributed by atoms with Crippen LogP contribution in [0.5, 0.6) is 5.75 Å². The zero-order chi connectivity index (χ0) is 15.0. The van der Waals surface area contributed by atoms with Crippen LogP contribution in [0.3, 0.4) is 0 Å². The Morgan fingerprint density at radius 3 is 2.86 bits per heavy atom. The van der Waals surface area contributed by atoms with Crippen molar-refractivity contribution in [3.05, 3.63) is 23.8 Å². The molecule has 1 fully saturated rings. The van der Waals surface area contributed by atoms with Gasteiger partial charge in [-0.05, 0) is 30.9 Å². The van der Waals surface area contributed by atoms with Crippen molar-refractivity contribution in [3.63, 3.8) is 0 Å². The van der Waals surface area contributed by atoms with Crippen LogP contribution in [0.1, 0.15) is 23.2 Å². The Hall–Kier alpha value is -2.24. The van der Waals surface area contributed by atoms with Crippen molar-refractivity contribution in [2.75, 3.05) is 31.6 Å². The van der Waals surface area contributed by atoms with E-state index in [1.165, 1.54) is 18.9 Å². The molecular formula is C15H18N2O4. The smallest absolute Gasteiger partial charge is 0.339 e. The Labute approximate surface area is 122 Å². The molecule has 1 heterocycles. The molecule has 0 unspecified atom stereocenters. The van der Waals surface area contributed by atoms with Gasteiger partial charge in [0.2, 0.25) is 0 Å². The fraction of sp³-hybridized carbons (Fsp3) is 0.467. The third-order valence-corrected chi connectivity index (χ3v) is 3.86. The highest BCUT2D eigenvalue weighted by molar-refractivity contribution is 5.99. The monoisotopic (exact) mass is 290 g/mol. The highest BCUT2D eigenvalue weighted by Gasteiger charge is 2.31. The SMILES string of the molecule is CN(CC1CC1)C(=O)N1CCOc2c(C(=O)O)cccc21. The second-order valence-corrected chi connectivity index (χ2v) is 5.57. The lowest BCUT2D eigenvalue weighted by atomic mass is 10.1. The van der Waals surface area contributed by atoms with Crippen molar-refractivity contribution in [2.45, 2.75) is 12.8 Å². The Morgan fingerprint density at radius 1 is 1.43 bits per heavy atom. The largest absolute Gasteiger partial charge is 0.489 e. The van der Waals surface area contributed by atoms with Gasteiger partial charge in [0.1, 0.15) is 12.2 Å². The van der Waals surface area contributed by atoms with Crippen LogP contribution in [-0.2, 0) is 0 Å². The molecule has 3 rings (SSSR count). The molecular weight excluding hydrogens is 272 g/mol. The summed E-state index contributed by atoms with van der Waals surface area (Å²) in [5.41, 5.74) is 0.628. The van der Waals surface area contributed by atoms with E-state index in [9.17, 15) is 14.7 Å². The highest BCUT2D eigenvalue weighted by atomic mass is 16.5. The van der Waals surface area contributed by atoms with E-state index in [1.807, 2.05) is 0 Å². The molecule has 1 saturated carbocycles. The number of urea groups is 1. The van der Waals surface area contributed by atoms with Crippen LogP contribution in [0.2, 0.25) is 0 Å². The zero-order valence-electron chi connectivity index (χ0n) is 11.9. The summed E-state index contributed by atoms with van der Waals surface area (Å²) >= 11 is 0. The van der Waals surface area contributed by atoms with Crippen LogP contribution in [0.15, 0.2) is 18.2 Å². The average Bonchev–Trinajstić information content (AvgIpc) is 3.29. The minimum Gasteiger partial charge on any atom is -0.489 e. The average molecular weight is 290 g/mol. The number of rotatable bonds is 3. The number of fused-ring (bicyclic) bond motifs is 1. The van der Waals surface area contributed by atoms with Crippen LogP contribution in [0.25, 0.3) is 0 Å². The number of hydrogen-bond donors (Lipinski definition) is 1. The number of carbonyl (C=O) groups excluding carboxylic acids is 1. The number of nitrogens with zero attached hydrogens (tertiary/aromatic N) is 2. The molecule has 1 aliphatic carbocycles. The maximum Gasteiger partial charge on any atom is 0.339 e. The van der Waals surface area contributed by atoms with E-state index >= 15 is 0 Å². The lowest BCUT2D eigenvalue weighted by molar-refractivity contribution is 0.0691. The minimum absolute atomic E-state index is 0.0924. The maximum atomic E-state index is 12.6. The number of carboxylic acids is 1. The molecule has 0 bridgehead atoms. The summed E-state index contributed by atoms with van der Waals surface area (Å²) in [7, 11) is 1.79. The quantitative estimate of drug-likeness (QED) is 0.925. The van der Waals surface area contributed by atoms with E-state index in [0.717, 1.165) is 6.54 Å². The van der Waals surface area contributed by atoms with Gasteiger partial charge in [0.25, 0.3) is 0 Å². The normalized spacial score (nSPS) is 16.9.